The zero-order valence-electron chi connectivity index (χ0n) is 25.9. The Balaban J connectivity index is 0.00000423. The second-order valence-corrected chi connectivity index (χ2v) is 13.5. The first-order chi connectivity index (χ1) is 20.0. The Morgan fingerprint density at radius 3 is 2.05 bits per heavy atom. The molecule has 0 atom stereocenters. The molecule has 5 rings (SSSR count). The summed E-state index contributed by atoms with van der Waals surface area (Å²) in [5, 5.41) is 11.9. The van der Waals surface area contributed by atoms with Crippen LogP contribution < -0.4 is 0 Å². The van der Waals surface area contributed by atoms with E-state index in [1.165, 1.54) is 16.7 Å². The molecule has 0 bridgehead atoms. The van der Waals surface area contributed by atoms with Crippen molar-refractivity contribution in [1.82, 2.24) is 9.97 Å². The quantitative estimate of drug-likeness (QED) is 0.168. The van der Waals surface area contributed by atoms with Crippen LogP contribution in [0.25, 0.3) is 33.6 Å². The van der Waals surface area contributed by atoms with E-state index in [4.69, 9.17) is 4.98 Å². The van der Waals surface area contributed by atoms with Crippen LogP contribution in [-0.4, -0.2) is 15.1 Å². The number of aromatic hydroxyl groups is 1. The minimum absolute atomic E-state index is 0. The third kappa shape index (κ3) is 7.66. The Morgan fingerprint density at radius 2 is 1.44 bits per heavy atom. The molecule has 0 radical (unpaired) electrons. The Bertz CT molecular complexity index is 1680. The molecule has 3 aromatic carbocycles. The molecule has 0 fully saturated rings. The zero-order valence-corrected chi connectivity index (χ0v) is 29.0. The number of rotatable bonds is 7. The van der Waals surface area contributed by atoms with E-state index in [0.29, 0.717) is 17.4 Å². The summed E-state index contributed by atoms with van der Waals surface area (Å²) in [5.74, 6) is 1.01. The van der Waals surface area contributed by atoms with Crippen molar-refractivity contribution < 1.29 is 26.2 Å². The summed E-state index contributed by atoms with van der Waals surface area (Å²) in [6, 6.07) is 32.5. The molecule has 0 aliphatic heterocycles. The van der Waals surface area contributed by atoms with Gasteiger partial charge in [-0.2, -0.15) is 0 Å². The van der Waals surface area contributed by atoms with Crippen LogP contribution in [-0.2, 0) is 26.5 Å². The van der Waals surface area contributed by atoms with Gasteiger partial charge in [0.05, 0.1) is 10.7 Å². The first kappa shape index (κ1) is 32.7. The summed E-state index contributed by atoms with van der Waals surface area (Å²) in [6.45, 7) is 15.6. The largest absolute Gasteiger partial charge is 0.507 e. The van der Waals surface area contributed by atoms with E-state index in [0.717, 1.165) is 38.0 Å². The molecule has 5 aromatic rings. The van der Waals surface area contributed by atoms with Crippen LogP contribution in [0.5, 0.6) is 5.75 Å². The van der Waals surface area contributed by atoms with Crippen molar-refractivity contribution in [3.8, 4) is 39.4 Å². The Morgan fingerprint density at radius 1 is 0.767 bits per heavy atom. The van der Waals surface area contributed by atoms with E-state index in [-0.39, 0.29) is 32.2 Å². The van der Waals surface area contributed by atoms with Gasteiger partial charge in [-0.1, -0.05) is 114 Å². The summed E-state index contributed by atoms with van der Waals surface area (Å²) in [6.07, 6.45) is 1.81. The maximum absolute atomic E-state index is 11.0. The van der Waals surface area contributed by atoms with Gasteiger partial charge in [0.2, 0.25) is 0 Å². The Hall–Kier alpha value is -3.20. The number of phenols is 1. The molecule has 224 valence electrons. The number of aromatic nitrogens is 2. The molecule has 5 heteroatoms. The van der Waals surface area contributed by atoms with Gasteiger partial charge in [-0.3, -0.25) is 4.98 Å². The van der Waals surface area contributed by atoms with Crippen molar-refractivity contribution in [2.75, 3.05) is 0 Å². The van der Waals surface area contributed by atoms with Crippen LogP contribution in [0.2, 0.25) is 0 Å². The fourth-order valence-corrected chi connectivity index (χ4v) is 5.74. The van der Waals surface area contributed by atoms with Crippen molar-refractivity contribution in [2.24, 2.45) is 0 Å². The number of benzene rings is 3. The third-order valence-corrected chi connectivity index (χ3v) is 8.41. The van der Waals surface area contributed by atoms with Crippen molar-refractivity contribution in [1.29, 1.82) is 0 Å². The molecular formula is C38H39N2OPtS-. The fourth-order valence-electron chi connectivity index (χ4n) is 4.91. The van der Waals surface area contributed by atoms with Gasteiger partial charge < -0.3 is 5.11 Å². The standard InChI is InChI=1S/C38H39N2OS.Pt/c1-24(2)26-18-27(25(3)4)20-28(19-26)32-15-16-34(40-37(32)33-12-8-9-13-35(33)41)29-21-30(38(5,6)7)23-31(22-29)42-36-14-10-11-17-39-36;/h8-21,23-25,41H,1-7H3;/q-1;. The van der Waals surface area contributed by atoms with E-state index < -0.39 is 0 Å². The van der Waals surface area contributed by atoms with Gasteiger partial charge in [-0.25, -0.2) is 4.98 Å². The van der Waals surface area contributed by atoms with Crippen molar-refractivity contribution in [3.63, 3.8) is 0 Å². The molecule has 1 N–H and O–H groups in total. The van der Waals surface area contributed by atoms with Gasteiger partial charge in [0.1, 0.15) is 5.75 Å². The molecule has 0 amide bonds. The van der Waals surface area contributed by atoms with Crippen LogP contribution in [0.15, 0.2) is 101 Å². The number of para-hydroxylation sites is 1. The molecule has 3 nitrogen and oxygen atoms in total. The Kier molecular flexibility index (Phi) is 10.4. The maximum Gasteiger partial charge on any atom is 0.124 e. The fraction of sp³-hybridized carbons (Fsp3) is 0.263. The van der Waals surface area contributed by atoms with Crippen molar-refractivity contribution in [2.45, 2.75) is 75.6 Å². The third-order valence-electron chi connectivity index (χ3n) is 7.51. The molecule has 2 heterocycles. The maximum atomic E-state index is 11.0. The number of hydrogen-bond donors (Lipinski definition) is 1. The monoisotopic (exact) mass is 766 g/mol. The predicted octanol–water partition coefficient (Wildman–Crippen LogP) is 10.7. The second kappa shape index (κ2) is 13.6. The van der Waals surface area contributed by atoms with E-state index in [1.807, 2.05) is 42.6 Å². The summed E-state index contributed by atoms with van der Waals surface area (Å²) >= 11 is 1.60. The normalized spacial score (nSPS) is 11.6. The summed E-state index contributed by atoms with van der Waals surface area (Å²) in [5.41, 5.74) is 9.06. The van der Waals surface area contributed by atoms with Gasteiger partial charge >= 0.3 is 0 Å². The van der Waals surface area contributed by atoms with E-state index in [1.54, 1.807) is 17.8 Å². The molecule has 0 aliphatic carbocycles. The smallest absolute Gasteiger partial charge is 0.124 e. The second-order valence-electron chi connectivity index (χ2n) is 12.5. The number of nitrogens with zero attached hydrogens (tertiary/aromatic N) is 2. The van der Waals surface area contributed by atoms with Gasteiger partial charge in [0, 0.05) is 38.4 Å². The molecule has 2 aromatic heterocycles. The van der Waals surface area contributed by atoms with Crippen LogP contribution in [0.1, 0.15) is 77.0 Å². The number of hydrogen-bond acceptors (Lipinski definition) is 4. The molecule has 0 aliphatic rings. The minimum Gasteiger partial charge on any atom is -0.507 e. The number of phenolic OH excluding ortho intramolecular Hbond substituents is 1. The van der Waals surface area contributed by atoms with Gasteiger partial charge in [0.25, 0.3) is 0 Å². The Labute approximate surface area is 275 Å². The van der Waals surface area contributed by atoms with Gasteiger partial charge in [0.15, 0.2) is 0 Å². The first-order valence-electron chi connectivity index (χ1n) is 14.6. The van der Waals surface area contributed by atoms with E-state index in [2.05, 4.69) is 102 Å². The van der Waals surface area contributed by atoms with Gasteiger partial charge in [-0.05, 0) is 63.9 Å². The predicted molar refractivity (Wildman–Crippen MR) is 176 cm³/mol. The zero-order chi connectivity index (χ0) is 30.0. The van der Waals surface area contributed by atoms with Crippen LogP contribution in [0, 0.1) is 6.07 Å². The molecular weight excluding hydrogens is 728 g/mol. The van der Waals surface area contributed by atoms with E-state index in [9.17, 15) is 5.11 Å². The van der Waals surface area contributed by atoms with Crippen LogP contribution in [0.4, 0.5) is 0 Å². The number of pyridine rings is 2. The molecule has 0 saturated heterocycles. The summed E-state index contributed by atoms with van der Waals surface area (Å²) in [4.78, 5) is 10.8. The average Bonchev–Trinajstić information content (AvgIpc) is 2.97. The first-order valence-corrected chi connectivity index (χ1v) is 15.4. The molecule has 43 heavy (non-hydrogen) atoms. The topological polar surface area (TPSA) is 46.0 Å². The molecule has 0 saturated carbocycles. The van der Waals surface area contributed by atoms with Crippen LogP contribution in [0.3, 0.4) is 0 Å². The van der Waals surface area contributed by atoms with Gasteiger partial charge in [-0.15, -0.1) is 29.3 Å². The van der Waals surface area contributed by atoms with E-state index >= 15 is 0 Å². The van der Waals surface area contributed by atoms with Crippen molar-refractivity contribution in [3.05, 3.63) is 114 Å². The average molecular weight is 767 g/mol. The SMILES string of the molecule is CC(C)c1cc(-c2ccc(-c3[c-]c(Sc4ccccn4)cc(C(C)(C)C)c3)nc2-c2ccccc2O)cc(C(C)C)c1.[Pt]. The summed E-state index contributed by atoms with van der Waals surface area (Å²) in [7, 11) is 0. The van der Waals surface area contributed by atoms with Crippen LogP contribution >= 0.6 is 11.8 Å². The molecule has 0 spiro atoms. The summed E-state index contributed by atoms with van der Waals surface area (Å²) < 4.78 is 0. The molecule has 0 unspecified atom stereocenters. The minimum atomic E-state index is -0.0612. The van der Waals surface area contributed by atoms with Crippen molar-refractivity contribution >= 4 is 11.8 Å².